The van der Waals surface area contributed by atoms with Crippen molar-refractivity contribution >= 4 is 17.4 Å². The summed E-state index contributed by atoms with van der Waals surface area (Å²) in [5.41, 5.74) is 0.557. The number of halogens is 2. The molecule has 2 aromatic rings. The van der Waals surface area contributed by atoms with Gasteiger partial charge in [-0.05, 0) is 31.5 Å². The Bertz CT molecular complexity index is 604. The van der Waals surface area contributed by atoms with Crippen LogP contribution in [0, 0.1) is 5.82 Å². The van der Waals surface area contributed by atoms with Crippen molar-refractivity contribution in [1.29, 1.82) is 0 Å². The van der Waals surface area contributed by atoms with Gasteiger partial charge in [-0.25, -0.2) is 4.39 Å². The van der Waals surface area contributed by atoms with Gasteiger partial charge in [0, 0.05) is 12.2 Å². The molecule has 0 saturated heterocycles. The third-order valence-electron chi connectivity index (χ3n) is 3.29. The molecule has 0 saturated carbocycles. The van der Waals surface area contributed by atoms with Crippen LogP contribution in [0.3, 0.4) is 0 Å². The third-order valence-corrected chi connectivity index (χ3v) is 3.60. The SMILES string of the molecule is CCC(C)n1ccc(CC(=O)c2c(F)cccc2Cl)n1. The van der Waals surface area contributed by atoms with E-state index in [1.807, 2.05) is 17.8 Å². The smallest absolute Gasteiger partial charge is 0.173 e. The van der Waals surface area contributed by atoms with Gasteiger partial charge in [0.25, 0.3) is 0 Å². The molecule has 0 radical (unpaired) electrons. The molecule has 0 amide bonds. The largest absolute Gasteiger partial charge is 0.294 e. The summed E-state index contributed by atoms with van der Waals surface area (Å²) in [7, 11) is 0. The Morgan fingerprint density at radius 3 is 2.85 bits per heavy atom. The lowest BCUT2D eigenvalue weighted by Gasteiger charge is -2.08. The van der Waals surface area contributed by atoms with Crippen molar-refractivity contribution in [3.05, 3.63) is 52.6 Å². The molecule has 1 aromatic heterocycles. The molecule has 0 bridgehead atoms. The monoisotopic (exact) mass is 294 g/mol. The van der Waals surface area contributed by atoms with Crippen LogP contribution in [0.4, 0.5) is 4.39 Å². The van der Waals surface area contributed by atoms with Gasteiger partial charge in [0.15, 0.2) is 5.78 Å². The molecule has 2 rings (SSSR count). The quantitative estimate of drug-likeness (QED) is 0.779. The summed E-state index contributed by atoms with van der Waals surface area (Å²) in [5.74, 6) is -0.952. The number of Topliss-reactive ketones (excluding diaryl/α,β-unsaturated/α-hetero) is 1. The van der Waals surface area contributed by atoms with Crippen molar-refractivity contribution in [2.75, 3.05) is 0 Å². The van der Waals surface area contributed by atoms with Crippen LogP contribution >= 0.6 is 11.6 Å². The number of carbonyl (C=O) groups is 1. The van der Waals surface area contributed by atoms with Crippen molar-refractivity contribution in [2.45, 2.75) is 32.7 Å². The molecular weight excluding hydrogens is 279 g/mol. The van der Waals surface area contributed by atoms with E-state index in [-0.39, 0.29) is 28.8 Å². The standard InChI is InChI=1S/C15H16ClFN2O/c1-3-10(2)19-8-7-11(18-19)9-14(20)15-12(16)5-4-6-13(15)17/h4-8,10H,3,9H2,1-2H3. The molecule has 0 aliphatic carbocycles. The van der Waals surface area contributed by atoms with Crippen molar-refractivity contribution in [3.63, 3.8) is 0 Å². The first-order chi connectivity index (χ1) is 9.52. The Hall–Kier alpha value is -1.68. The lowest BCUT2D eigenvalue weighted by molar-refractivity contribution is 0.0988. The maximum atomic E-state index is 13.7. The normalized spacial score (nSPS) is 12.4. The minimum absolute atomic E-state index is 0.0457. The summed E-state index contributed by atoms with van der Waals surface area (Å²) in [4.78, 5) is 12.1. The van der Waals surface area contributed by atoms with E-state index in [0.29, 0.717) is 5.69 Å². The molecule has 3 nitrogen and oxygen atoms in total. The summed E-state index contributed by atoms with van der Waals surface area (Å²) < 4.78 is 15.5. The lowest BCUT2D eigenvalue weighted by atomic mass is 10.1. The van der Waals surface area contributed by atoms with E-state index in [1.165, 1.54) is 18.2 Å². The second kappa shape index (κ2) is 6.18. The topological polar surface area (TPSA) is 34.9 Å². The highest BCUT2D eigenvalue weighted by atomic mass is 35.5. The van der Waals surface area contributed by atoms with Gasteiger partial charge in [-0.1, -0.05) is 24.6 Å². The Morgan fingerprint density at radius 2 is 2.20 bits per heavy atom. The van der Waals surface area contributed by atoms with E-state index in [9.17, 15) is 9.18 Å². The van der Waals surface area contributed by atoms with Crippen LogP contribution in [0.1, 0.15) is 42.4 Å². The minimum atomic E-state index is -0.594. The molecule has 20 heavy (non-hydrogen) atoms. The second-order valence-electron chi connectivity index (χ2n) is 4.74. The molecule has 0 spiro atoms. The predicted molar refractivity (Wildman–Crippen MR) is 76.7 cm³/mol. The Morgan fingerprint density at radius 1 is 1.45 bits per heavy atom. The first-order valence-electron chi connectivity index (χ1n) is 6.54. The maximum absolute atomic E-state index is 13.7. The minimum Gasteiger partial charge on any atom is -0.294 e. The molecular formula is C15H16ClFN2O. The predicted octanol–water partition coefficient (Wildman–Crippen LogP) is 4.07. The number of hydrogen-bond donors (Lipinski definition) is 0. The van der Waals surface area contributed by atoms with Crippen LogP contribution in [0.15, 0.2) is 30.5 Å². The number of ketones is 1. The van der Waals surface area contributed by atoms with Gasteiger partial charge in [0.1, 0.15) is 5.82 Å². The molecule has 1 aromatic carbocycles. The van der Waals surface area contributed by atoms with Crippen LogP contribution < -0.4 is 0 Å². The summed E-state index contributed by atoms with van der Waals surface area (Å²) in [6.45, 7) is 4.11. The Balaban J connectivity index is 2.18. The first-order valence-corrected chi connectivity index (χ1v) is 6.92. The number of aromatic nitrogens is 2. The fraction of sp³-hybridized carbons (Fsp3) is 0.333. The summed E-state index contributed by atoms with van der Waals surface area (Å²) in [5, 5.41) is 4.47. The molecule has 0 fully saturated rings. The van der Waals surface area contributed by atoms with E-state index in [2.05, 4.69) is 12.0 Å². The fourth-order valence-corrected chi connectivity index (χ4v) is 2.19. The molecule has 0 N–H and O–H groups in total. The average molecular weight is 295 g/mol. The number of benzene rings is 1. The maximum Gasteiger partial charge on any atom is 0.173 e. The third kappa shape index (κ3) is 3.07. The molecule has 1 heterocycles. The highest BCUT2D eigenvalue weighted by molar-refractivity contribution is 6.34. The van der Waals surface area contributed by atoms with E-state index >= 15 is 0 Å². The van der Waals surface area contributed by atoms with Gasteiger partial charge >= 0.3 is 0 Å². The van der Waals surface area contributed by atoms with Crippen LogP contribution in [-0.4, -0.2) is 15.6 Å². The number of carbonyl (C=O) groups excluding carboxylic acids is 1. The zero-order valence-electron chi connectivity index (χ0n) is 11.4. The zero-order valence-corrected chi connectivity index (χ0v) is 12.2. The molecule has 0 aliphatic rings. The van der Waals surface area contributed by atoms with Crippen molar-refractivity contribution < 1.29 is 9.18 Å². The zero-order chi connectivity index (χ0) is 14.7. The fourth-order valence-electron chi connectivity index (χ4n) is 1.92. The first kappa shape index (κ1) is 14.7. The van der Waals surface area contributed by atoms with E-state index in [4.69, 9.17) is 11.6 Å². The van der Waals surface area contributed by atoms with Gasteiger partial charge in [-0.15, -0.1) is 0 Å². The Labute approximate surface area is 122 Å². The van der Waals surface area contributed by atoms with Crippen molar-refractivity contribution in [1.82, 2.24) is 9.78 Å². The number of rotatable bonds is 5. The second-order valence-corrected chi connectivity index (χ2v) is 5.15. The van der Waals surface area contributed by atoms with E-state index < -0.39 is 5.82 Å². The molecule has 0 aliphatic heterocycles. The summed E-state index contributed by atoms with van der Waals surface area (Å²) in [6.07, 6.45) is 2.83. The highest BCUT2D eigenvalue weighted by Crippen LogP contribution is 2.21. The molecule has 106 valence electrons. The highest BCUT2D eigenvalue weighted by Gasteiger charge is 2.17. The van der Waals surface area contributed by atoms with Crippen LogP contribution in [0.25, 0.3) is 0 Å². The van der Waals surface area contributed by atoms with E-state index in [0.717, 1.165) is 6.42 Å². The summed E-state index contributed by atoms with van der Waals surface area (Å²) >= 11 is 5.88. The van der Waals surface area contributed by atoms with Crippen LogP contribution in [0.5, 0.6) is 0 Å². The van der Waals surface area contributed by atoms with Gasteiger partial charge in [-0.3, -0.25) is 9.48 Å². The molecule has 1 unspecified atom stereocenters. The lowest BCUT2D eigenvalue weighted by Crippen LogP contribution is -2.09. The van der Waals surface area contributed by atoms with E-state index in [1.54, 1.807) is 6.07 Å². The van der Waals surface area contributed by atoms with Gasteiger partial charge in [-0.2, -0.15) is 5.10 Å². The van der Waals surface area contributed by atoms with Gasteiger partial charge < -0.3 is 0 Å². The number of hydrogen-bond acceptors (Lipinski definition) is 2. The van der Waals surface area contributed by atoms with Crippen molar-refractivity contribution in [3.8, 4) is 0 Å². The molecule has 1 atom stereocenters. The van der Waals surface area contributed by atoms with Crippen LogP contribution in [0.2, 0.25) is 5.02 Å². The van der Waals surface area contributed by atoms with Gasteiger partial charge in [0.05, 0.1) is 22.7 Å². The Kier molecular flexibility index (Phi) is 4.55. The van der Waals surface area contributed by atoms with Crippen molar-refractivity contribution in [2.24, 2.45) is 0 Å². The number of nitrogens with zero attached hydrogens (tertiary/aromatic N) is 2. The van der Waals surface area contributed by atoms with Gasteiger partial charge in [0.2, 0.25) is 0 Å². The average Bonchev–Trinajstić information content (AvgIpc) is 2.86. The van der Waals surface area contributed by atoms with Crippen LogP contribution in [-0.2, 0) is 6.42 Å². The summed E-state index contributed by atoms with van der Waals surface area (Å²) in [6, 6.07) is 6.27. The molecule has 5 heteroatoms.